The van der Waals surface area contributed by atoms with Gasteiger partial charge in [0.2, 0.25) is 10.0 Å². The minimum absolute atomic E-state index is 0.440. The van der Waals surface area contributed by atoms with E-state index >= 15 is 0 Å². The molecule has 22 heavy (non-hydrogen) atoms. The molecule has 0 aliphatic rings. The highest BCUT2D eigenvalue weighted by atomic mass is 32.2. The van der Waals surface area contributed by atoms with Gasteiger partial charge in [-0.25, -0.2) is 30.8 Å². The number of benzene rings is 2. The normalized spacial score (nSPS) is 12.1. The predicted octanol–water partition coefficient (Wildman–Crippen LogP) is 1.41. The first-order valence-electron chi connectivity index (χ1n) is 5.71. The molecule has 10 heteroatoms. The maximum absolute atomic E-state index is 13.5. The van der Waals surface area contributed by atoms with Gasteiger partial charge in [0.15, 0.2) is 0 Å². The lowest BCUT2D eigenvalue weighted by Crippen LogP contribution is -2.17. The highest BCUT2D eigenvalue weighted by Gasteiger charge is 2.20. The van der Waals surface area contributed by atoms with Gasteiger partial charge in [0.25, 0.3) is 10.0 Å². The van der Waals surface area contributed by atoms with Gasteiger partial charge in [-0.1, -0.05) is 12.1 Å². The van der Waals surface area contributed by atoms with Gasteiger partial charge in [-0.2, -0.15) is 0 Å². The molecule has 6 nitrogen and oxygen atoms in total. The fourth-order valence-electron chi connectivity index (χ4n) is 1.61. The summed E-state index contributed by atoms with van der Waals surface area (Å²) in [6.45, 7) is 0. The minimum Gasteiger partial charge on any atom is -0.274 e. The Morgan fingerprint density at radius 1 is 0.864 bits per heavy atom. The highest BCUT2D eigenvalue weighted by Crippen LogP contribution is 2.23. The Kier molecular flexibility index (Phi) is 4.18. The minimum atomic E-state index is -4.39. The fraction of sp³-hybridized carbons (Fsp3) is 0. The zero-order valence-electron chi connectivity index (χ0n) is 10.8. The van der Waals surface area contributed by atoms with E-state index in [9.17, 15) is 25.6 Å². The Balaban J connectivity index is 2.48. The molecule has 0 bridgehead atoms. The second-order valence-electron chi connectivity index (χ2n) is 4.22. The third kappa shape index (κ3) is 3.40. The molecule has 118 valence electrons. The van der Waals surface area contributed by atoms with E-state index in [2.05, 4.69) is 0 Å². The predicted molar refractivity (Wildman–Crippen MR) is 75.0 cm³/mol. The monoisotopic (exact) mass is 348 g/mol. The number of nitrogens with two attached hydrogens (primary N) is 1. The van der Waals surface area contributed by atoms with Crippen molar-refractivity contribution in [3.63, 3.8) is 0 Å². The highest BCUT2D eigenvalue weighted by molar-refractivity contribution is 7.93. The Hall–Kier alpha value is -2.04. The van der Waals surface area contributed by atoms with E-state index in [1.54, 1.807) is 4.72 Å². The van der Waals surface area contributed by atoms with Crippen LogP contribution in [-0.4, -0.2) is 16.8 Å². The Bertz CT molecular complexity index is 908. The van der Waals surface area contributed by atoms with Gasteiger partial charge in [-0.05, 0) is 30.3 Å². The molecule has 0 aromatic heterocycles. The average Bonchev–Trinajstić information content (AvgIpc) is 2.42. The molecule has 3 N–H and O–H groups in total. The molecule has 0 atom stereocenters. The van der Waals surface area contributed by atoms with Crippen molar-refractivity contribution in [3.8, 4) is 0 Å². The van der Waals surface area contributed by atoms with Crippen LogP contribution < -0.4 is 9.86 Å². The van der Waals surface area contributed by atoms with Crippen molar-refractivity contribution < 1.29 is 25.6 Å². The number of sulfonamides is 2. The molecule has 0 spiro atoms. The van der Waals surface area contributed by atoms with Crippen LogP contribution in [0.4, 0.5) is 14.5 Å². The second-order valence-corrected chi connectivity index (χ2v) is 7.47. The van der Waals surface area contributed by atoms with Gasteiger partial charge in [-0.3, -0.25) is 4.72 Å². The molecular weight excluding hydrogens is 338 g/mol. The van der Waals surface area contributed by atoms with Crippen molar-refractivity contribution in [2.75, 3.05) is 4.72 Å². The maximum Gasteiger partial charge on any atom is 0.262 e. The van der Waals surface area contributed by atoms with Crippen LogP contribution >= 0.6 is 0 Å². The molecule has 0 saturated carbocycles. The van der Waals surface area contributed by atoms with E-state index in [0.717, 1.165) is 42.5 Å². The zero-order valence-corrected chi connectivity index (χ0v) is 12.5. The lowest BCUT2D eigenvalue weighted by atomic mass is 10.3. The summed E-state index contributed by atoms with van der Waals surface area (Å²) < 4.78 is 75.4. The van der Waals surface area contributed by atoms with E-state index in [1.165, 1.54) is 0 Å². The van der Waals surface area contributed by atoms with Crippen molar-refractivity contribution in [2.24, 2.45) is 5.14 Å². The average molecular weight is 348 g/mol. The van der Waals surface area contributed by atoms with Gasteiger partial charge in [0.05, 0.1) is 9.79 Å². The third-order valence-electron chi connectivity index (χ3n) is 2.64. The molecule has 0 amide bonds. The molecular formula is C12H10F2N2O4S2. The van der Waals surface area contributed by atoms with Gasteiger partial charge in [0, 0.05) is 0 Å². The van der Waals surface area contributed by atoms with Crippen LogP contribution in [-0.2, 0) is 20.0 Å². The molecule has 0 saturated heterocycles. The standard InChI is InChI=1S/C12H10F2N2O4S2/c13-10-5-2-6-11(14)12(10)16-22(19,20)9-4-1-3-8(7-9)21(15,17)18/h1-7,16H,(H2,15,17,18). The molecule has 2 aromatic rings. The van der Waals surface area contributed by atoms with Crippen molar-refractivity contribution in [1.29, 1.82) is 0 Å². The van der Waals surface area contributed by atoms with Crippen molar-refractivity contribution in [1.82, 2.24) is 0 Å². The number of anilines is 1. The summed E-state index contributed by atoms with van der Waals surface area (Å²) in [7, 11) is -8.51. The zero-order chi connectivity index (χ0) is 16.5. The van der Waals surface area contributed by atoms with Gasteiger partial charge in [0.1, 0.15) is 17.3 Å². The SMILES string of the molecule is NS(=O)(=O)c1cccc(S(=O)(=O)Nc2c(F)cccc2F)c1. The van der Waals surface area contributed by atoms with Crippen LogP contribution in [0.25, 0.3) is 0 Å². The van der Waals surface area contributed by atoms with Crippen LogP contribution in [0.1, 0.15) is 0 Å². The first kappa shape index (κ1) is 16.3. The topological polar surface area (TPSA) is 106 Å². The molecule has 0 aliphatic carbocycles. The van der Waals surface area contributed by atoms with Gasteiger partial charge in [-0.15, -0.1) is 0 Å². The number of rotatable bonds is 4. The Labute approximate surface area is 125 Å². The Morgan fingerprint density at radius 2 is 1.36 bits per heavy atom. The van der Waals surface area contributed by atoms with Crippen molar-refractivity contribution in [2.45, 2.75) is 9.79 Å². The van der Waals surface area contributed by atoms with Crippen molar-refractivity contribution >= 4 is 25.7 Å². The molecule has 2 rings (SSSR count). The molecule has 0 unspecified atom stereocenters. The summed E-state index contributed by atoms with van der Waals surface area (Å²) >= 11 is 0. The summed E-state index contributed by atoms with van der Waals surface area (Å²) in [5.41, 5.74) is -0.858. The first-order valence-corrected chi connectivity index (χ1v) is 8.74. The van der Waals surface area contributed by atoms with E-state index in [4.69, 9.17) is 5.14 Å². The lowest BCUT2D eigenvalue weighted by Gasteiger charge is -2.10. The van der Waals surface area contributed by atoms with E-state index in [-0.39, 0.29) is 0 Å². The first-order chi connectivity index (χ1) is 10.1. The number of halogens is 2. The smallest absolute Gasteiger partial charge is 0.262 e. The molecule has 2 aromatic carbocycles. The number of nitrogens with one attached hydrogen (secondary N) is 1. The second kappa shape index (κ2) is 5.63. The van der Waals surface area contributed by atoms with Crippen LogP contribution in [0.3, 0.4) is 0 Å². The largest absolute Gasteiger partial charge is 0.274 e. The molecule has 0 aliphatic heterocycles. The van der Waals surface area contributed by atoms with Gasteiger partial charge >= 0.3 is 0 Å². The number of hydrogen-bond donors (Lipinski definition) is 2. The fourth-order valence-corrected chi connectivity index (χ4v) is 3.36. The summed E-state index contributed by atoms with van der Waals surface area (Å²) in [5, 5.41) is 4.91. The summed E-state index contributed by atoms with van der Waals surface area (Å²) in [4.78, 5) is -0.939. The van der Waals surface area contributed by atoms with Crippen molar-refractivity contribution in [3.05, 3.63) is 54.1 Å². The lowest BCUT2D eigenvalue weighted by molar-refractivity contribution is 0.582. The van der Waals surface area contributed by atoms with Crippen LogP contribution in [0.2, 0.25) is 0 Å². The van der Waals surface area contributed by atoms with Crippen LogP contribution in [0.5, 0.6) is 0 Å². The summed E-state index contributed by atoms with van der Waals surface area (Å²) in [5.74, 6) is -2.21. The maximum atomic E-state index is 13.5. The summed E-state index contributed by atoms with van der Waals surface area (Å²) in [6.07, 6.45) is 0. The number of primary sulfonamides is 1. The number of para-hydroxylation sites is 1. The van der Waals surface area contributed by atoms with E-state index in [1.807, 2.05) is 0 Å². The molecule has 0 fully saturated rings. The molecule has 0 heterocycles. The van der Waals surface area contributed by atoms with E-state index < -0.39 is 47.2 Å². The third-order valence-corrected chi connectivity index (χ3v) is 4.90. The molecule has 0 radical (unpaired) electrons. The quantitative estimate of drug-likeness (QED) is 0.871. The van der Waals surface area contributed by atoms with E-state index in [0.29, 0.717) is 0 Å². The Morgan fingerprint density at radius 3 is 1.91 bits per heavy atom. The van der Waals surface area contributed by atoms with Gasteiger partial charge < -0.3 is 0 Å². The number of hydrogen-bond acceptors (Lipinski definition) is 4. The van der Waals surface area contributed by atoms with Crippen LogP contribution in [0, 0.1) is 11.6 Å². The van der Waals surface area contributed by atoms with Crippen LogP contribution in [0.15, 0.2) is 52.3 Å². The summed E-state index contributed by atoms with van der Waals surface area (Å²) in [6, 6.07) is 6.92.